The fraction of sp³-hybridized carbons (Fsp3) is 0.909. The van der Waals surface area contributed by atoms with E-state index in [-0.39, 0.29) is 30.8 Å². The van der Waals surface area contributed by atoms with Crippen molar-refractivity contribution in [3.8, 4) is 0 Å². The summed E-state index contributed by atoms with van der Waals surface area (Å²) >= 11 is 0. The minimum atomic E-state index is -0.226. The second-order valence-corrected chi connectivity index (χ2v) is 4.65. The van der Waals surface area contributed by atoms with E-state index in [1.807, 2.05) is 0 Å². The molecule has 1 saturated carbocycles. The number of aliphatic hydroxyl groups is 1. The average Bonchev–Trinajstić information content (AvgIpc) is 2.26. The monoisotopic (exact) mass is 228 g/mol. The van der Waals surface area contributed by atoms with Crippen molar-refractivity contribution in [2.45, 2.75) is 43.9 Å². The maximum absolute atomic E-state index is 11.5. The van der Waals surface area contributed by atoms with Gasteiger partial charge < -0.3 is 20.5 Å². The highest BCUT2D eigenvalue weighted by atomic mass is 16.5. The minimum absolute atomic E-state index is 0.0598. The van der Waals surface area contributed by atoms with Gasteiger partial charge in [-0.05, 0) is 38.8 Å². The Kier molecular flexibility index (Phi) is 4.15. The Labute approximate surface area is 95.5 Å². The van der Waals surface area contributed by atoms with Crippen LogP contribution in [0.5, 0.6) is 0 Å². The molecule has 0 aromatic carbocycles. The molecule has 3 N–H and O–H groups in total. The molecule has 0 bridgehead atoms. The van der Waals surface area contributed by atoms with Gasteiger partial charge in [0.15, 0.2) is 0 Å². The lowest BCUT2D eigenvalue weighted by molar-refractivity contribution is -0.130. The molecule has 0 unspecified atom stereocenters. The second-order valence-electron chi connectivity index (χ2n) is 4.65. The fourth-order valence-electron chi connectivity index (χ4n) is 2.13. The van der Waals surface area contributed by atoms with Gasteiger partial charge in [-0.25, -0.2) is 0 Å². The number of nitrogens with one attached hydrogen (secondary N) is 2. The Morgan fingerprint density at radius 1 is 1.38 bits per heavy atom. The molecule has 0 aromatic rings. The van der Waals surface area contributed by atoms with Crippen LogP contribution in [0.4, 0.5) is 0 Å². The summed E-state index contributed by atoms with van der Waals surface area (Å²) in [6, 6.07) is 0.152. The molecule has 92 valence electrons. The maximum atomic E-state index is 11.5. The summed E-state index contributed by atoms with van der Waals surface area (Å²) in [5.74, 6) is -0.0598. The molecule has 2 fully saturated rings. The SMILES string of the molecule is O=C(COC1CCNCC1)NC1CC(O)C1. The molecule has 1 aliphatic heterocycles. The molecule has 0 aromatic heterocycles. The summed E-state index contributed by atoms with van der Waals surface area (Å²) in [6.07, 6.45) is 3.32. The molecule has 1 saturated heterocycles. The van der Waals surface area contributed by atoms with Gasteiger partial charge in [-0.1, -0.05) is 0 Å². The first-order valence-electron chi connectivity index (χ1n) is 6.04. The number of hydrogen-bond donors (Lipinski definition) is 3. The van der Waals surface area contributed by atoms with Crippen LogP contribution in [0.3, 0.4) is 0 Å². The predicted octanol–water partition coefficient (Wildman–Crippen LogP) is -0.605. The van der Waals surface area contributed by atoms with Crippen molar-refractivity contribution in [1.82, 2.24) is 10.6 Å². The highest BCUT2D eigenvalue weighted by Gasteiger charge is 2.28. The van der Waals surface area contributed by atoms with Crippen molar-refractivity contribution < 1.29 is 14.6 Å². The Morgan fingerprint density at radius 2 is 2.06 bits per heavy atom. The lowest BCUT2D eigenvalue weighted by Gasteiger charge is -2.32. The van der Waals surface area contributed by atoms with E-state index < -0.39 is 0 Å². The Hall–Kier alpha value is -0.650. The Bertz CT molecular complexity index is 235. The van der Waals surface area contributed by atoms with Gasteiger partial charge in [0.25, 0.3) is 0 Å². The van der Waals surface area contributed by atoms with Crippen LogP contribution >= 0.6 is 0 Å². The summed E-state index contributed by atoms with van der Waals surface area (Å²) < 4.78 is 5.53. The summed E-state index contributed by atoms with van der Waals surface area (Å²) in [4.78, 5) is 11.5. The van der Waals surface area contributed by atoms with Crippen molar-refractivity contribution >= 4 is 5.91 Å². The molecule has 0 atom stereocenters. The molecule has 0 spiro atoms. The summed E-state index contributed by atoms with van der Waals surface area (Å²) in [6.45, 7) is 2.10. The first-order valence-corrected chi connectivity index (χ1v) is 6.04. The predicted molar refractivity (Wildman–Crippen MR) is 59.0 cm³/mol. The summed E-state index contributed by atoms with van der Waals surface area (Å²) in [5, 5.41) is 15.2. The number of carbonyl (C=O) groups is 1. The normalized spacial score (nSPS) is 30.8. The van der Waals surface area contributed by atoms with E-state index in [2.05, 4.69) is 10.6 Å². The van der Waals surface area contributed by atoms with Gasteiger partial charge in [0.05, 0.1) is 12.2 Å². The van der Waals surface area contributed by atoms with Crippen molar-refractivity contribution in [3.63, 3.8) is 0 Å². The maximum Gasteiger partial charge on any atom is 0.246 e. The number of rotatable bonds is 4. The molecule has 5 heteroatoms. The van der Waals surface area contributed by atoms with Gasteiger partial charge in [-0.2, -0.15) is 0 Å². The second kappa shape index (κ2) is 5.61. The number of ether oxygens (including phenoxy) is 1. The van der Waals surface area contributed by atoms with E-state index in [0.29, 0.717) is 12.8 Å². The number of carbonyl (C=O) groups excluding carboxylic acids is 1. The van der Waals surface area contributed by atoms with Gasteiger partial charge in [-0.15, -0.1) is 0 Å². The molecular weight excluding hydrogens is 208 g/mol. The largest absolute Gasteiger partial charge is 0.393 e. The third-order valence-electron chi connectivity index (χ3n) is 3.21. The molecular formula is C11H20N2O3. The summed E-state index contributed by atoms with van der Waals surface area (Å²) in [5.41, 5.74) is 0. The molecule has 1 heterocycles. The Balaban J connectivity index is 1.56. The van der Waals surface area contributed by atoms with Gasteiger partial charge in [-0.3, -0.25) is 4.79 Å². The van der Waals surface area contributed by atoms with Crippen molar-refractivity contribution in [3.05, 3.63) is 0 Å². The molecule has 2 aliphatic rings. The molecule has 2 rings (SSSR count). The quantitative estimate of drug-likeness (QED) is 0.600. The number of aliphatic hydroxyl groups excluding tert-OH is 1. The van der Waals surface area contributed by atoms with E-state index in [4.69, 9.17) is 9.84 Å². The minimum Gasteiger partial charge on any atom is -0.393 e. The van der Waals surface area contributed by atoms with E-state index >= 15 is 0 Å². The molecule has 16 heavy (non-hydrogen) atoms. The van der Waals surface area contributed by atoms with Crippen LogP contribution in [0.15, 0.2) is 0 Å². The smallest absolute Gasteiger partial charge is 0.246 e. The topological polar surface area (TPSA) is 70.6 Å². The third kappa shape index (κ3) is 3.43. The van der Waals surface area contributed by atoms with Crippen LogP contribution in [-0.2, 0) is 9.53 Å². The highest BCUT2D eigenvalue weighted by molar-refractivity contribution is 5.77. The molecule has 1 aliphatic carbocycles. The zero-order valence-corrected chi connectivity index (χ0v) is 9.45. The lowest BCUT2D eigenvalue weighted by atomic mass is 9.89. The number of amides is 1. The van der Waals surface area contributed by atoms with Crippen LogP contribution < -0.4 is 10.6 Å². The van der Waals surface area contributed by atoms with Crippen LogP contribution in [-0.4, -0.2) is 49.0 Å². The fourth-order valence-corrected chi connectivity index (χ4v) is 2.13. The van der Waals surface area contributed by atoms with Crippen molar-refractivity contribution in [2.75, 3.05) is 19.7 Å². The van der Waals surface area contributed by atoms with E-state index in [9.17, 15) is 4.79 Å². The van der Waals surface area contributed by atoms with Crippen LogP contribution in [0, 0.1) is 0 Å². The summed E-state index contributed by atoms with van der Waals surface area (Å²) in [7, 11) is 0. The first-order chi connectivity index (χ1) is 7.74. The zero-order chi connectivity index (χ0) is 11.4. The van der Waals surface area contributed by atoms with Crippen molar-refractivity contribution in [2.24, 2.45) is 0 Å². The van der Waals surface area contributed by atoms with Crippen LogP contribution in [0.1, 0.15) is 25.7 Å². The van der Waals surface area contributed by atoms with E-state index in [1.54, 1.807) is 0 Å². The van der Waals surface area contributed by atoms with Gasteiger partial charge in [0.1, 0.15) is 6.61 Å². The molecule has 5 nitrogen and oxygen atoms in total. The van der Waals surface area contributed by atoms with Crippen LogP contribution in [0.25, 0.3) is 0 Å². The van der Waals surface area contributed by atoms with E-state index in [1.165, 1.54) is 0 Å². The zero-order valence-electron chi connectivity index (χ0n) is 9.45. The molecule has 1 amide bonds. The molecule has 0 radical (unpaired) electrons. The Morgan fingerprint density at radius 3 is 2.69 bits per heavy atom. The highest BCUT2D eigenvalue weighted by Crippen LogP contribution is 2.19. The standard InChI is InChI=1S/C11H20N2O3/c14-9-5-8(6-9)13-11(15)7-16-10-1-3-12-4-2-10/h8-10,12,14H,1-7H2,(H,13,15). The first kappa shape index (κ1) is 11.8. The third-order valence-corrected chi connectivity index (χ3v) is 3.21. The van der Waals surface area contributed by atoms with Gasteiger partial charge in [0.2, 0.25) is 5.91 Å². The number of hydrogen-bond acceptors (Lipinski definition) is 4. The van der Waals surface area contributed by atoms with Crippen LogP contribution in [0.2, 0.25) is 0 Å². The lowest BCUT2D eigenvalue weighted by Crippen LogP contribution is -2.48. The average molecular weight is 228 g/mol. The van der Waals surface area contributed by atoms with E-state index in [0.717, 1.165) is 25.9 Å². The number of piperidine rings is 1. The van der Waals surface area contributed by atoms with Gasteiger partial charge in [0, 0.05) is 6.04 Å². The van der Waals surface area contributed by atoms with Gasteiger partial charge >= 0.3 is 0 Å². The van der Waals surface area contributed by atoms with Crippen molar-refractivity contribution in [1.29, 1.82) is 0 Å².